The number of rotatable bonds is 3. The summed E-state index contributed by atoms with van der Waals surface area (Å²) in [7, 11) is 1.64. The number of nitrogen functional groups attached to an aromatic ring is 1. The van der Waals surface area contributed by atoms with Gasteiger partial charge in [0.2, 0.25) is 5.78 Å². The quantitative estimate of drug-likeness (QED) is 0.459. The Hall–Kier alpha value is -4.07. The van der Waals surface area contributed by atoms with Crippen LogP contribution in [0.2, 0.25) is 0 Å². The maximum Gasteiger partial charge on any atom is 0.332 e. The Kier molecular flexibility index (Phi) is 4.11. The van der Waals surface area contributed by atoms with Crippen molar-refractivity contribution in [1.29, 1.82) is 0 Å². The van der Waals surface area contributed by atoms with Crippen LogP contribution < -0.4 is 17.0 Å². The topological polar surface area (TPSA) is 92.2 Å². The normalized spacial score (nSPS) is 11.6. The standard InChI is InChI=1S/C23H22N6O2/c1-14-8-4-5-9-16(14)13-28-21(30)19-20(26(3)23(28)31)25-22-27(19)12-15(2)29(22)18-11-7-6-10-17(18)24/h4-12H,13,24H2,1-3H3. The van der Waals surface area contributed by atoms with E-state index >= 15 is 0 Å². The van der Waals surface area contributed by atoms with Gasteiger partial charge in [-0.1, -0.05) is 36.4 Å². The van der Waals surface area contributed by atoms with Crippen LogP contribution >= 0.6 is 0 Å². The van der Waals surface area contributed by atoms with E-state index in [1.165, 1.54) is 9.13 Å². The number of nitrogens with zero attached hydrogens (tertiary/aromatic N) is 5. The summed E-state index contributed by atoms with van der Waals surface area (Å²) in [5, 5.41) is 0. The maximum atomic E-state index is 13.5. The molecule has 0 amide bonds. The predicted molar refractivity (Wildman–Crippen MR) is 121 cm³/mol. The first-order valence-electron chi connectivity index (χ1n) is 9.98. The van der Waals surface area contributed by atoms with Gasteiger partial charge < -0.3 is 5.73 Å². The third-order valence-corrected chi connectivity index (χ3v) is 5.79. The number of para-hydroxylation sites is 2. The van der Waals surface area contributed by atoms with Crippen LogP contribution in [0.1, 0.15) is 16.8 Å². The van der Waals surface area contributed by atoms with Gasteiger partial charge in [-0.15, -0.1) is 0 Å². The number of imidazole rings is 2. The molecule has 0 atom stereocenters. The molecular weight excluding hydrogens is 392 g/mol. The first-order valence-corrected chi connectivity index (χ1v) is 9.98. The van der Waals surface area contributed by atoms with Crippen LogP contribution in [0.15, 0.2) is 64.3 Å². The lowest BCUT2D eigenvalue weighted by atomic mass is 10.1. The maximum absolute atomic E-state index is 13.5. The molecule has 5 rings (SSSR count). The number of nitrogens with two attached hydrogens (primary N) is 1. The zero-order valence-corrected chi connectivity index (χ0v) is 17.5. The molecular formula is C23H22N6O2. The molecule has 2 aromatic carbocycles. The molecule has 8 heteroatoms. The van der Waals surface area contributed by atoms with Gasteiger partial charge in [-0.25, -0.2) is 4.79 Å². The molecule has 8 nitrogen and oxygen atoms in total. The Morgan fingerprint density at radius 1 is 1.00 bits per heavy atom. The summed E-state index contributed by atoms with van der Waals surface area (Å²) in [5.74, 6) is 0.533. The third-order valence-electron chi connectivity index (χ3n) is 5.79. The van der Waals surface area contributed by atoms with Gasteiger partial charge in [0.1, 0.15) is 0 Å². The zero-order valence-electron chi connectivity index (χ0n) is 17.5. The minimum absolute atomic E-state index is 0.201. The Morgan fingerprint density at radius 2 is 1.71 bits per heavy atom. The Labute approximate surface area is 177 Å². The van der Waals surface area contributed by atoms with Crippen LogP contribution in [0.5, 0.6) is 0 Å². The fourth-order valence-electron chi connectivity index (χ4n) is 4.10. The molecule has 31 heavy (non-hydrogen) atoms. The minimum atomic E-state index is -0.399. The summed E-state index contributed by atoms with van der Waals surface area (Å²) in [4.78, 5) is 31.2. The van der Waals surface area contributed by atoms with Crippen LogP contribution in [0.4, 0.5) is 5.69 Å². The van der Waals surface area contributed by atoms with Gasteiger partial charge >= 0.3 is 5.69 Å². The summed E-state index contributed by atoms with van der Waals surface area (Å²) >= 11 is 0. The van der Waals surface area contributed by atoms with Crippen molar-refractivity contribution in [1.82, 2.24) is 23.1 Å². The van der Waals surface area contributed by atoms with E-state index in [0.29, 0.717) is 22.6 Å². The molecule has 156 valence electrons. The number of anilines is 1. The summed E-state index contributed by atoms with van der Waals surface area (Å²) in [5.41, 5.74) is 10.3. The molecule has 0 spiro atoms. The second kappa shape index (κ2) is 6.73. The molecule has 0 saturated carbocycles. The van der Waals surface area contributed by atoms with Crippen molar-refractivity contribution in [2.45, 2.75) is 20.4 Å². The molecule has 0 bridgehead atoms. The molecule has 2 N–H and O–H groups in total. The van der Waals surface area contributed by atoms with Gasteiger partial charge in [0.05, 0.1) is 17.9 Å². The predicted octanol–water partition coefficient (Wildman–Crippen LogP) is 2.39. The van der Waals surface area contributed by atoms with Gasteiger partial charge in [0.25, 0.3) is 5.56 Å². The number of fused-ring (bicyclic) bond motifs is 3. The summed E-state index contributed by atoms with van der Waals surface area (Å²) < 4.78 is 6.33. The number of aromatic nitrogens is 5. The molecule has 0 saturated heterocycles. The lowest BCUT2D eigenvalue weighted by Crippen LogP contribution is -2.39. The van der Waals surface area contributed by atoms with Gasteiger partial charge in [-0.2, -0.15) is 4.98 Å². The van der Waals surface area contributed by atoms with E-state index in [0.717, 1.165) is 22.5 Å². The highest BCUT2D eigenvalue weighted by molar-refractivity contribution is 5.77. The second-order valence-corrected chi connectivity index (χ2v) is 7.78. The van der Waals surface area contributed by atoms with E-state index in [1.807, 2.05) is 73.1 Å². The fourth-order valence-corrected chi connectivity index (χ4v) is 4.10. The van der Waals surface area contributed by atoms with E-state index in [2.05, 4.69) is 4.98 Å². The third kappa shape index (κ3) is 2.72. The van der Waals surface area contributed by atoms with E-state index in [4.69, 9.17) is 5.73 Å². The monoisotopic (exact) mass is 414 g/mol. The number of hydrogen-bond acceptors (Lipinski definition) is 4. The molecule has 0 aliphatic heterocycles. The number of benzene rings is 2. The highest BCUT2D eigenvalue weighted by Crippen LogP contribution is 2.24. The van der Waals surface area contributed by atoms with Crippen LogP contribution in [0, 0.1) is 13.8 Å². The highest BCUT2D eigenvalue weighted by atomic mass is 16.2. The SMILES string of the molecule is Cc1ccccc1Cn1c(=O)c2c(nc3n(-c4ccccc4N)c(C)cn23)n(C)c1=O. The zero-order chi connectivity index (χ0) is 21.9. The van der Waals surface area contributed by atoms with Crippen molar-refractivity contribution in [3.8, 4) is 5.69 Å². The molecule has 0 aliphatic carbocycles. The average Bonchev–Trinajstić information content (AvgIpc) is 3.26. The van der Waals surface area contributed by atoms with Crippen molar-refractivity contribution >= 4 is 22.6 Å². The first-order chi connectivity index (χ1) is 14.9. The molecule has 0 fully saturated rings. The van der Waals surface area contributed by atoms with Crippen LogP contribution in [-0.4, -0.2) is 23.1 Å². The van der Waals surface area contributed by atoms with E-state index < -0.39 is 5.69 Å². The van der Waals surface area contributed by atoms with Crippen LogP contribution in [-0.2, 0) is 13.6 Å². The second-order valence-electron chi connectivity index (χ2n) is 7.78. The van der Waals surface area contributed by atoms with Gasteiger partial charge in [-0.3, -0.25) is 22.9 Å². The highest BCUT2D eigenvalue weighted by Gasteiger charge is 2.21. The lowest BCUT2D eigenvalue weighted by Gasteiger charge is -2.10. The Balaban J connectivity index is 1.83. The Morgan fingerprint density at radius 3 is 2.45 bits per heavy atom. The first kappa shape index (κ1) is 18.9. The van der Waals surface area contributed by atoms with Crippen LogP contribution in [0.25, 0.3) is 22.6 Å². The number of hydrogen-bond donors (Lipinski definition) is 1. The molecule has 0 aliphatic rings. The molecule has 0 radical (unpaired) electrons. The van der Waals surface area contributed by atoms with Gasteiger partial charge in [0.15, 0.2) is 11.2 Å². The summed E-state index contributed by atoms with van der Waals surface area (Å²) in [6.07, 6.45) is 1.85. The summed E-state index contributed by atoms with van der Waals surface area (Å²) in [6, 6.07) is 15.2. The fraction of sp³-hybridized carbons (Fsp3) is 0.174. The van der Waals surface area contributed by atoms with Crippen molar-refractivity contribution in [2.24, 2.45) is 7.05 Å². The molecule has 3 heterocycles. The largest absolute Gasteiger partial charge is 0.397 e. The van der Waals surface area contributed by atoms with E-state index in [1.54, 1.807) is 11.4 Å². The van der Waals surface area contributed by atoms with Crippen molar-refractivity contribution < 1.29 is 0 Å². The molecule has 5 aromatic rings. The van der Waals surface area contributed by atoms with Crippen LogP contribution in [0.3, 0.4) is 0 Å². The molecule has 3 aromatic heterocycles. The van der Waals surface area contributed by atoms with E-state index in [9.17, 15) is 9.59 Å². The Bertz CT molecular complexity index is 1600. The van der Waals surface area contributed by atoms with Crippen molar-refractivity contribution in [3.63, 3.8) is 0 Å². The van der Waals surface area contributed by atoms with Crippen molar-refractivity contribution in [3.05, 3.63) is 92.4 Å². The smallest absolute Gasteiger partial charge is 0.332 e. The van der Waals surface area contributed by atoms with Gasteiger partial charge in [0, 0.05) is 18.9 Å². The van der Waals surface area contributed by atoms with Crippen molar-refractivity contribution in [2.75, 3.05) is 5.73 Å². The molecule has 0 unspecified atom stereocenters. The van der Waals surface area contributed by atoms with E-state index in [-0.39, 0.29) is 12.1 Å². The minimum Gasteiger partial charge on any atom is -0.397 e. The number of aryl methyl sites for hydroxylation is 3. The average molecular weight is 414 g/mol. The lowest BCUT2D eigenvalue weighted by molar-refractivity contribution is 0.654. The van der Waals surface area contributed by atoms with Gasteiger partial charge in [-0.05, 0) is 37.1 Å². The summed E-state index contributed by atoms with van der Waals surface area (Å²) in [6.45, 7) is 4.10.